The van der Waals surface area contributed by atoms with Crippen LogP contribution >= 0.6 is 15.9 Å². The maximum atomic E-state index is 10.8. The van der Waals surface area contributed by atoms with E-state index >= 15 is 0 Å². The van der Waals surface area contributed by atoms with E-state index in [2.05, 4.69) is 15.9 Å². The summed E-state index contributed by atoms with van der Waals surface area (Å²) < 4.78 is 7.58. The summed E-state index contributed by atoms with van der Waals surface area (Å²) in [6, 6.07) is 1.58. The number of carboxylic acids is 1. The molecule has 5 heteroatoms. The molecule has 0 aliphatic rings. The summed E-state index contributed by atoms with van der Waals surface area (Å²) in [5.74, 6) is -0.924. The highest BCUT2D eigenvalue weighted by Gasteiger charge is 2.10. The Bertz CT molecular complexity index is 322. The molecule has 0 aliphatic heterocycles. The third-order valence-electron chi connectivity index (χ3n) is 1.76. The van der Waals surface area contributed by atoms with Crippen LogP contribution in [-0.2, 0) is 11.3 Å². The van der Waals surface area contributed by atoms with Gasteiger partial charge in [0.1, 0.15) is 5.69 Å². The minimum Gasteiger partial charge on any atom is -0.477 e. The van der Waals surface area contributed by atoms with Crippen molar-refractivity contribution in [3.8, 4) is 0 Å². The quantitative estimate of drug-likeness (QED) is 0.825. The van der Waals surface area contributed by atoms with Gasteiger partial charge in [-0.05, 0) is 28.9 Å². The van der Waals surface area contributed by atoms with Gasteiger partial charge in [-0.1, -0.05) is 0 Å². The number of carbonyl (C=O) groups is 1. The smallest absolute Gasteiger partial charge is 0.352 e. The Morgan fingerprint density at radius 2 is 2.43 bits per heavy atom. The van der Waals surface area contributed by atoms with Gasteiger partial charge in [-0.25, -0.2) is 4.79 Å². The number of aromatic nitrogens is 1. The topological polar surface area (TPSA) is 51.5 Å². The molecule has 0 aromatic carbocycles. The lowest BCUT2D eigenvalue weighted by Crippen LogP contribution is -2.11. The molecular weight excluding hydrogens is 250 g/mol. The second kappa shape index (κ2) is 5.17. The number of rotatable bonds is 5. The SMILES string of the molecule is CCOCCn1cc(Br)cc1C(=O)O. The Kier molecular flexibility index (Phi) is 4.16. The number of aromatic carboxylic acids is 1. The fourth-order valence-corrected chi connectivity index (χ4v) is 1.61. The molecule has 1 aromatic heterocycles. The number of carboxylic acid groups (broad SMARTS) is 1. The van der Waals surface area contributed by atoms with Gasteiger partial charge in [-0.15, -0.1) is 0 Å². The molecule has 1 rings (SSSR count). The van der Waals surface area contributed by atoms with Gasteiger partial charge >= 0.3 is 5.97 Å². The van der Waals surface area contributed by atoms with Crippen LogP contribution in [0, 0.1) is 0 Å². The number of hydrogen-bond donors (Lipinski definition) is 1. The Morgan fingerprint density at radius 3 is 3.00 bits per heavy atom. The van der Waals surface area contributed by atoms with E-state index in [0.717, 1.165) is 4.47 Å². The van der Waals surface area contributed by atoms with Gasteiger partial charge in [-0.3, -0.25) is 0 Å². The van der Waals surface area contributed by atoms with Gasteiger partial charge < -0.3 is 14.4 Å². The van der Waals surface area contributed by atoms with Crippen LogP contribution in [0.15, 0.2) is 16.7 Å². The summed E-state index contributed by atoms with van der Waals surface area (Å²) in [5, 5.41) is 8.85. The van der Waals surface area contributed by atoms with Gasteiger partial charge in [0.15, 0.2) is 0 Å². The van der Waals surface area contributed by atoms with E-state index in [0.29, 0.717) is 19.8 Å². The van der Waals surface area contributed by atoms with Crippen LogP contribution in [0.3, 0.4) is 0 Å². The number of halogens is 1. The zero-order valence-electron chi connectivity index (χ0n) is 7.86. The van der Waals surface area contributed by atoms with Gasteiger partial charge in [-0.2, -0.15) is 0 Å². The zero-order chi connectivity index (χ0) is 10.6. The van der Waals surface area contributed by atoms with Crippen molar-refractivity contribution in [2.24, 2.45) is 0 Å². The van der Waals surface area contributed by atoms with E-state index in [1.54, 1.807) is 16.8 Å². The largest absolute Gasteiger partial charge is 0.477 e. The number of hydrogen-bond acceptors (Lipinski definition) is 2. The average Bonchev–Trinajstić information content (AvgIpc) is 2.47. The first-order valence-corrected chi connectivity index (χ1v) is 5.11. The summed E-state index contributed by atoms with van der Waals surface area (Å²) in [6.07, 6.45) is 1.74. The Morgan fingerprint density at radius 1 is 1.71 bits per heavy atom. The molecule has 78 valence electrons. The summed E-state index contributed by atoms with van der Waals surface area (Å²) in [6.45, 7) is 3.63. The van der Waals surface area contributed by atoms with Gasteiger partial charge in [0.25, 0.3) is 0 Å². The predicted octanol–water partition coefficient (Wildman–Crippen LogP) is 1.99. The van der Waals surface area contributed by atoms with Crippen LogP contribution < -0.4 is 0 Å². The van der Waals surface area contributed by atoms with Crippen molar-refractivity contribution >= 4 is 21.9 Å². The molecule has 1 N–H and O–H groups in total. The Hall–Kier alpha value is -0.810. The van der Waals surface area contributed by atoms with E-state index in [-0.39, 0.29) is 5.69 Å². The summed E-state index contributed by atoms with van der Waals surface area (Å²) in [5.41, 5.74) is 0.275. The van der Waals surface area contributed by atoms with Crippen molar-refractivity contribution in [3.63, 3.8) is 0 Å². The first-order chi connectivity index (χ1) is 6.65. The van der Waals surface area contributed by atoms with Crippen molar-refractivity contribution in [3.05, 3.63) is 22.4 Å². The molecule has 0 aliphatic carbocycles. The third-order valence-corrected chi connectivity index (χ3v) is 2.20. The lowest BCUT2D eigenvalue weighted by Gasteiger charge is -2.05. The molecule has 0 radical (unpaired) electrons. The second-order valence-corrected chi connectivity index (χ2v) is 3.65. The molecule has 0 bridgehead atoms. The fraction of sp³-hybridized carbons (Fsp3) is 0.444. The normalized spacial score (nSPS) is 10.4. The lowest BCUT2D eigenvalue weighted by atomic mass is 10.4. The zero-order valence-corrected chi connectivity index (χ0v) is 9.45. The molecule has 0 atom stereocenters. The lowest BCUT2D eigenvalue weighted by molar-refractivity contribution is 0.0681. The highest BCUT2D eigenvalue weighted by atomic mass is 79.9. The van der Waals surface area contributed by atoms with Gasteiger partial charge in [0.05, 0.1) is 6.61 Å². The highest BCUT2D eigenvalue weighted by molar-refractivity contribution is 9.10. The minimum atomic E-state index is -0.924. The molecular formula is C9H12BrNO3. The van der Waals surface area contributed by atoms with Crippen molar-refractivity contribution in [1.29, 1.82) is 0 Å². The van der Waals surface area contributed by atoms with Crippen LogP contribution in [-0.4, -0.2) is 28.9 Å². The van der Waals surface area contributed by atoms with E-state index in [4.69, 9.17) is 9.84 Å². The molecule has 14 heavy (non-hydrogen) atoms. The summed E-state index contributed by atoms with van der Waals surface area (Å²) in [7, 11) is 0. The molecule has 0 amide bonds. The molecule has 4 nitrogen and oxygen atoms in total. The predicted molar refractivity (Wildman–Crippen MR) is 55.6 cm³/mol. The van der Waals surface area contributed by atoms with E-state index in [9.17, 15) is 4.79 Å². The van der Waals surface area contributed by atoms with Gasteiger partial charge in [0.2, 0.25) is 0 Å². The molecule has 0 unspecified atom stereocenters. The number of ether oxygens (including phenoxy) is 1. The Balaban J connectivity index is 2.69. The Labute approximate surface area is 90.6 Å². The van der Waals surface area contributed by atoms with Gasteiger partial charge in [0, 0.05) is 23.8 Å². The molecule has 0 saturated carbocycles. The van der Waals surface area contributed by atoms with Crippen LogP contribution in [0.2, 0.25) is 0 Å². The van der Waals surface area contributed by atoms with Crippen molar-refractivity contribution in [1.82, 2.24) is 4.57 Å². The van der Waals surface area contributed by atoms with Crippen LogP contribution in [0.1, 0.15) is 17.4 Å². The second-order valence-electron chi connectivity index (χ2n) is 2.74. The maximum Gasteiger partial charge on any atom is 0.352 e. The first-order valence-electron chi connectivity index (χ1n) is 4.32. The monoisotopic (exact) mass is 261 g/mol. The first kappa shape index (κ1) is 11.3. The van der Waals surface area contributed by atoms with Crippen molar-refractivity contribution < 1.29 is 14.6 Å². The summed E-state index contributed by atoms with van der Waals surface area (Å²) >= 11 is 3.24. The molecule has 0 spiro atoms. The van der Waals surface area contributed by atoms with Crippen molar-refractivity contribution in [2.75, 3.05) is 13.2 Å². The standard InChI is InChI=1S/C9H12BrNO3/c1-2-14-4-3-11-6-7(10)5-8(11)9(12)13/h5-6H,2-4H2,1H3,(H,12,13). The van der Waals surface area contributed by atoms with Crippen LogP contribution in [0.4, 0.5) is 0 Å². The van der Waals surface area contributed by atoms with E-state index in [1.165, 1.54) is 0 Å². The van der Waals surface area contributed by atoms with Crippen molar-refractivity contribution in [2.45, 2.75) is 13.5 Å². The fourth-order valence-electron chi connectivity index (χ4n) is 1.15. The number of nitrogens with zero attached hydrogens (tertiary/aromatic N) is 1. The summed E-state index contributed by atoms with van der Waals surface area (Å²) in [4.78, 5) is 10.8. The molecule has 1 heterocycles. The van der Waals surface area contributed by atoms with Crippen LogP contribution in [0.5, 0.6) is 0 Å². The third kappa shape index (κ3) is 2.85. The average molecular weight is 262 g/mol. The molecule has 1 aromatic rings. The van der Waals surface area contributed by atoms with E-state index in [1.807, 2.05) is 6.92 Å². The minimum absolute atomic E-state index is 0.275. The highest BCUT2D eigenvalue weighted by Crippen LogP contribution is 2.14. The maximum absolute atomic E-state index is 10.8. The van der Waals surface area contributed by atoms with E-state index < -0.39 is 5.97 Å². The van der Waals surface area contributed by atoms with Crippen LogP contribution in [0.25, 0.3) is 0 Å². The molecule has 0 fully saturated rings. The molecule has 0 saturated heterocycles.